The maximum absolute atomic E-state index is 4.30. The zero-order valence-electron chi connectivity index (χ0n) is 6.42. The predicted octanol–water partition coefficient (Wildman–Crippen LogP) is 1.96. The summed E-state index contributed by atoms with van der Waals surface area (Å²) in [7, 11) is 0. The van der Waals surface area contributed by atoms with Crippen LogP contribution in [-0.4, -0.2) is 11.5 Å². The van der Waals surface area contributed by atoms with E-state index in [2.05, 4.69) is 15.7 Å². The molecule has 0 aromatic carbocycles. The molecule has 0 aliphatic carbocycles. The Hall–Kier alpha value is -0.410. The Morgan fingerprint density at radius 3 is 3.18 bits per heavy atom. The minimum Gasteiger partial charge on any atom is -0.309 e. The molecule has 11 heavy (non-hydrogen) atoms. The van der Waals surface area contributed by atoms with Gasteiger partial charge in [-0.1, -0.05) is 6.42 Å². The van der Waals surface area contributed by atoms with E-state index in [1.807, 2.05) is 5.51 Å². The maximum Gasteiger partial charge on any atom is 0.0795 e. The molecule has 1 unspecified atom stereocenters. The lowest BCUT2D eigenvalue weighted by atomic mass is 10.0. The highest BCUT2D eigenvalue weighted by Crippen LogP contribution is 2.21. The second-order valence-corrected chi connectivity index (χ2v) is 3.63. The fourth-order valence-electron chi connectivity index (χ4n) is 1.50. The molecule has 0 bridgehead atoms. The van der Waals surface area contributed by atoms with Gasteiger partial charge in [0.25, 0.3) is 0 Å². The number of piperidine rings is 1. The van der Waals surface area contributed by atoms with Crippen LogP contribution in [-0.2, 0) is 0 Å². The number of rotatable bonds is 1. The lowest BCUT2D eigenvalue weighted by Gasteiger charge is -2.21. The Labute approximate surface area is 70.7 Å². The van der Waals surface area contributed by atoms with Crippen molar-refractivity contribution in [1.82, 2.24) is 10.3 Å². The summed E-state index contributed by atoms with van der Waals surface area (Å²) in [4.78, 5) is 4.30. The molecule has 0 spiro atoms. The summed E-state index contributed by atoms with van der Waals surface area (Å²) < 4.78 is 0. The Kier molecular flexibility index (Phi) is 2.19. The second kappa shape index (κ2) is 3.32. The van der Waals surface area contributed by atoms with Gasteiger partial charge in [0.2, 0.25) is 0 Å². The van der Waals surface area contributed by atoms with Gasteiger partial charge in [0, 0.05) is 5.38 Å². The van der Waals surface area contributed by atoms with E-state index in [-0.39, 0.29) is 0 Å². The van der Waals surface area contributed by atoms with Crippen molar-refractivity contribution in [1.29, 1.82) is 0 Å². The Morgan fingerprint density at radius 1 is 1.55 bits per heavy atom. The van der Waals surface area contributed by atoms with Gasteiger partial charge in [-0.25, -0.2) is 4.98 Å². The lowest BCUT2D eigenvalue weighted by molar-refractivity contribution is 0.406. The van der Waals surface area contributed by atoms with Crippen molar-refractivity contribution in [2.75, 3.05) is 6.54 Å². The van der Waals surface area contributed by atoms with Crippen LogP contribution in [0.5, 0.6) is 0 Å². The second-order valence-electron chi connectivity index (χ2n) is 2.92. The molecule has 1 saturated heterocycles. The molecule has 1 aromatic rings. The van der Waals surface area contributed by atoms with Crippen molar-refractivity contribution in [3.63, 3.8) is 0 Å². The standard InChI is InChI=1S/C8H12N2S/c1-2-4-9-7(3-1)8-5-11-6-10-8/h5-7,9H,1-4H2. The molecule has 3 heteroatoms. The van der Waals surface area contributed by atoms with Crippen molar-refractivity contribution in [3.05, 3.63) is 16.6 Å². The molecule has 1 N–H and O–H groups in total. The molecule has 1 atom stereocenters. The number of hydrogen-bond donors (Lipinski definition) is 1. The molecule has 1 aliphatic heterocycles. The first-order valence-electron chi connectivity index (χ1n) is 4.08. The van der Waals surface area contributed by atoms with Gasteiger partial charge in [-0.15, -0.1) is 11.3 Å². The van der Waals surface area contributed by atoms with E-state index < -0.39 is 0 Å². The van der Waals surface area contributed by atoms with Gasteiger partial charge in [-0.3, -0.25) is 0 Å². The molecular formula is C8H12N2S. The third kappa shape index (κ3) is 1.60. The predicted molar refractivity (Wildman–Crippen MR) is 46.7 cm³/mol. The van der Waals surface area contributed by atoms with Crippen molar-refractivity contribution >= 4 is 11.3 Å². The van der Waals surface area contributed by atoms with Crippen molar-refractivity contribution in [2.45, 2.75) is 25.3 Å². The van der Waals surface area contributed by atoms with Crippen LogP contribution >= 0.6 is 11.3 Å². The average Bonchev–Trinajstić information content (AvgIpc) is 2.58. The van der Waals surface area contributed by atoms with Crippen molar-refractivity contribution < 1.29 is 0 Å². The fraction of sp³-hybridized carbons (Fsp3) is 0.625. The summed E-state index contributed by atoms with van der Waals surface area (Å²) in [5.74, 6) is 0. The molecule has 60 valence electrons. The van der Waals surface area contributed by atoms with Gasteiger partial charge in [-0.05, 0) is 19.4 Å². The molecule has 1 aromatic heterocycles. The van der Waals surface area contributed by atoms with E-state index in [0.717, 1.165) is 6.54 Å². The summed E-state index contributed by atoms with van der Waals surface area (Å²) in [6.07, 6.45) is 3.92. The molecule has 1 aliphatic rings. The van der Waals surface area contributed by atoms with Gasteiger partial charge in [0.15, 0.2) is 0 Å². The van der Waals surface area contributed by atoms with Crippen LogP contribution in [0, 0.1) is 0 Å². The highest BCUT2D eigenvalue weighted by atomic mass is 32.1. The molecule has 2 rings (SSSR count). The fourth-order valence-corrected chi connectivity index (χ4v) is 2.11. The van der Waals surface area contributed by atoms with E-state index in [4.69, 9.17) is 0 Å². The van der Waals surface area contributed by atoms with Gasteiger partial charge in [-0.2, -0.15) is 0 Å². The van der Waals surface area contributed by atoms with Gasteiger partial charge in [0.1, 0.15) is 0 Å². The largest absolute Gasteiger partial charge is 0.309 e. The molecular weight excluding hydrogens is 156 g/mol. The van der Waals surface area contributed by atoms with Crippen LogP contribution in [0.3, 0.4) is 0 Å². The highest BCUT2D eigenvalue weighted by molar-refractivity contribution is 7.07. The summed E-state index contributed by atoms with van der Waals surface area (Å²) in [5, 5.41) is 5.61. The molecule has 0 amide bonds. The normalized spacial score (nSPS) is 25.3. The van der Waals surface area contributed by atoms with E-state index in [1.54, 1.807) is 11.3 Å². The highest BCUT2D eigenvalue weighted by Gasteiger charge is 2.15. The molecule has 0 radical (unpaired) electrons. The van der Waals surface area contributed by atoms with Crippen LogP contribution < -0.4 is 5.32 Å². The third-order valence-electron chi connectivity index (χ3n) is 2.12. The summed E-state index contributed by atoms with van der Waals surface area (Å²) in [6, 6.07) is 0.537. The van der Waals surface area contributed by atoms with Crippen LogP contribution in [0.4, 0.5) is 0 Å². The Balaban J connectivity index is 2.04. The average molecular weight is 168 g/mol. The van der Waals surface area contributed by atoms with Crippen LogP contribution in [0.2, 0.25) is 0 Å². The molecule has 2 heterocycles. The summed E-state index contributed by atoms with van der Waals surface area (Å²) >= 11 is 1.68. The first-order valence-corrected chi connectivity index (χ1v) is 5.02. The first-order chi connectivity index (χ1) is 5.47. The first kappa shape index (κ1) is 7.25. The van der Waals surface area contributed by atoms with E-state index >= 15 is 0 Å². The van der Waals surface area contributed by atoms with Crippen LogP contribution in [0.15, 0.2) is 10.9 Å². The molecule has 1 fully saturated rings. The third-order valence-corrected chi connectivity index (χ3v) is 2.72. The van der Waals surface area contributed by atoms with Crippen LogP contribution in [0.25, 0.3) is 0 Å². The number of nitrogens with one attached hydrogen (secondary N) is 1. The van der Waals surface area contributed by atoms with Gasteiger partial charge in [0.05, 0.1) is 17.2 Å². The van der Waals surface area contributed by atoms with E-state index in [9.17, 15) is 0 Å². The lowest BCUT2D eigenvalue weighted by Crippen LogP contribution is -2.26. The monoisotopic (exact) mass is 168 g/mol. The topological polar surface area (TPSA) is 24.9 Å². The Bertz CT molecular complexity index is 202. The van der Waals surface area contributed by atoms with Crippen molar-refractivity contribution in [3.8, 4) is 0 Å². The quantitative estimate of drug-likeness (QED) is 0.693. The number of hydrogen-bond acceptors (Lipinski definition) is 3. The van der Waals surface area contributed by atoms with E-state index in [0.29, 0.717) is 6.04 Å². The minimum atomic E-state index is 0.537. The minimum absolute atomic E-state index is 0.537. The molecule has 0 saturated carbocycles. The number of nitrogens with zero attached hydrogens (tertiary/aromatic N) is 1. The number of aromatic nitrogens is 1. The SMILES string of the molecule is c1nc(C2CCCCN2)cs1. The summed E-state index contributed by atoms with van der Waals surface area (Å²) in [6.45, 7) is 1.15. The maximum atomic E-state index is 4.30. The summed E-state index contributed by atoms with van der Waals surface area (Å²) in [5.41, 5.74) is 3.14. The number of thiazole rings is 1. The van der Waals surface area contributed by atoms with Crippen molar-refractivity contribution in [2.24, 2.45) is 0 Å². The van der Waals surface area contributed by atoms with Gasteiger partial charge >= 0.3 is 0 Å². The Morgan fingerprint density at radius 2 is 2.55 bits per heavy atom. The van der Waals surface area contributed by atoms with E-state index in [1.165, 1.54) is 25.0 Å². The smallest absolute Gasteiger partial charge is 0.0795 e. The zero-order chi connectivity index (χ0) is 7.52. The zero-order valence-corrected chi connectivity index (χ0v) is 7.23. The molecule has 2 nitrogen and oxygen atoms in total. The van der Waals surface area contributed by atoms with Crippen LogP contribution in [0.1, 0.15) is 31.0 Å². The van der Waals surface area contributed by atoms with Gasteiger partial charge < -0.3 is 5.32 Å².